The number of hydrogen-bond donors (Lipinski definition) is 0. The molecule has 0 spiro atoms. The number of aromatic nitrogens is 4. The van der Waals surface area contributed by atoms with E-state index in [1.54, 1.807) is 4.68 Å². The molecule has 0 N–H and O–H groups in total. The van der Waals surface area contributed by atoms with Crippen LogP contribution in [0.1, 0.15) is 47.0 Å². The maximum atomic E-state index is 13.1. The minimum Gasteiger partial charge on any atom is -0.492 e. The third kappa shape index (κ3) is 4.26. The summed E-state index contributed by atoms with van der Waals surface area (Å²) in [5.74, 6) is 0.860. The zero-order valence-corrected chi connectivity index (χ0v) is 17.1. The van der Waals surface area contributed by atoms with Gasteiger partial charge in [0.05, 0.1) is 11.9 Å². The number of tetrazole rings is 1. The second kappa shape index (κ2) is 8.73. The standard InChI is InChI=1S/C19H27N5O2S/c1-5-26-17-12-7-6-11-16(17)24-19(20-21-22-24)27-15(4)18(25)23-13(2)9-8-10-14(23)3/h6-7,11-15H,5,8-10H2,1-4H3/t13-,14+,15-/m0/s1. The smallest absolute Gasteiger partial charge is 0.236 e. The van der Waals surface area contributed by atoms with E-state index in [4.69, 9.17) is 4.74 Å². The van der Waals surface area contributed by atoms with Crippen molar-refractivity contribution >= 4 is 17.7 Å². The Morgan fingerprint density at radius 1 is 1.30 bits per heavy atom. The molecule has 0 aliphatic carbocycles. The number of amides is 1. The van der Waals surface area contributed by atoms with E-state index in [2.05, 4.69) is 29.4 Å². The van der Waals surface area contributed by atoms with Gasteiger partial charge in [0.2, 0.25) is 11.1 Å². The Balaban J connectivity index is 1.79. The van der Waals surface area contributed by atoms with Gasteiger partial charge >= 0.3 is 0 Å². The summed E-state index contributed by atoms with van der Waals surface area (Å²) in [4.78, 5) is 15.1. The van der Waals surface area contributed by atoms with Crippen molar-refractivity contribution in [3.63, 3.8) is 0 Å². The van der Waals surface area contributed by atoms with E-state index in [9.17, 15) is 4.79 Å². The number of ether oxygens (including phenoxy) is 1. The summed E-state index contributed by atoms with van der Waals surface area (Å²) in [5.41, 5.74) is 0.770. The summed E-state index contributed by atoms with van der Waals surface area (Å²) in [6, 6.07) is 8.18. The maximum absolute atomic E-state index is 13.1. The van der Waals surface area contributed by atoms with Crippen LogP contribution in [-0.4, -0.2) is 55.0 Å². The highest BCUT2D eigenvalue weighted by Crippen LogP contribution is 2.31. The molecule has 1 aliphatic heterocycles. The first-order valence-corrected chi connectivity index (χ1v) is 10.4. The van der Waals surface area contributed by atoms with Crippen LogP contribution in [0.3, 0.4) is 0 Å². The summed E-state index contributed by atoms with van der Waals surface area (Å²) in [7, 11) is 0. The molecule has 0 unspecified atom stereocenters. The summed E-state index contributed by atoms with van der Waals surface area (Å²) in [6.45, 7) is 8.68. The van der Waals surface area contributed by atoms with Gasteiger partial charge in [0.15, 0.2) is 0 Å². The first-order chi connectivity index (χ1) is 13.0. The van der Waals surface area contributed by atoms with Crippen molar-refractivity contribution in [1.29, 1.82) is 0 Å². The van der Waals surface area contributed by atoms with Crippen LogP contribution in [0.5, 0.6) is 5.75 Å². The molecule has 27 heavy (non-hydrogen) atoms. The lowest BCUT2D eigenvalue weighted by Gasteiger charge is -2.40. The molecule has 0 saturated carbocycles. The van der Waals surface area contributed by atoms with Crippen LogP contribution in [0, 0.1) is 0 Å². The van der Waals surface area contributed by atoms with Crippen LogP contribution in [0.25, 0.3) is 5.69 Å². The highest BCUT2D eigenvalue weighted by molar-refractivity contribution is 8.00. The van der Waals surface area contributed by atoms with E-state index < -0.39 is 0 Å². The second-order valence-electron chi connectivity index (χ2n) is 6.91. The van der Waals surface area contributed by atoms with Crippen molar-refractivity contribution in [3.8, 4) is 11.4 Å². The molecule has 0 bridgehead atoms. The Hall–Kier alpha value is -2.09. The molecule has 146 valence electrons. The normalized spacial score (nSPS) is 21.1. The fraction of sp³-hybridized carbons (Fsp3) is 0.579. The molecule has 8 heteroatoms. The summed E-state index contributed by atoms with van der Waals surface area (Å²) < 4.78 is 7.33. The van der Waals surface area contributed by atoms with Crippen molar-refractivity contribution in [2.45, 2.75) is 69.4 Å². The topological polar surface area (TPSA) is 73.1 Å². The van der Waals surface area contributed by atoms with E-state index in [0.717, 1.165) is 18.5 Å². The van der Waals surface area contributed by atoms with Gasteiger partial charge in [-0.2, -0.15) is 4.68 Å². The minimum atomic E-state index is -0.267. The van der Waals surface area contributed by atoms with Gasteiger partial charge in [-0.3, -0.25) is 4.79 Å². The third-order valence-electron chi connectivity index (χ3n) is 4.91. The molecule has 3 atom stereocenters. The number of thioether (sulfide) groups is 1. The lowest BCUT2D eigenvalue weighted by atomic mass is 9.97. The van der Waals surface area contributed by atoms with Gasteiger partial charge in [-0.15, -0.1) is 5.10 Å². The van der Waals surface area contributed by atoms with E-state index in [1.807, 2.05) is 43.0 Å². The predicted molar refractivity (Wildman–Crippen MR) is 105 cm³/mol. The van der Waals surface area contributed by atoms with E-state index >= 15 is 0 Å². The predicted octanol–water partition coefficient (Wildman–Crippen LogP) is 3.33. The number of rotatable bonds is 6. The number of hydrogen-bond acceptors (Lipinski definition) is 6. The first kappa shape index (κ1) is 19.7. The van der Waals surface area contributed by atoms with Crippen LogP contribution in [0.15, 0.2) is 29.4 Å². The number of carbonyl (C=O) groups is 1. The lowest BCUT2D eigenvalue weighted by molar-refractivity contribution is -0.136. The van der Waals surface area contributed by atoms with Crippen LogP contribution in [0.4, 0.5) is 0 Å². The highest BCUT2D eigenvalue weighted by Gasteiger charge is 2.33. The number of piperidine rings is 1. The van der Waals surface area contributed by atoms with E-state index in [-0.39, 0.29) is 23.2 Å². The number of benzene rings is 1. The maximum Gasteiger partial charge on any atom is 0.236 e. The SMILES string of the molecule is CCOc1ccccc1-n1nnnc1S[C@@H](C)C(=O)N1[C@H](C)CCC[C@@H]1C. The van der Waals surface area contributed by atoms with Crippen molar-refractivity contribution < 1.29 is 9.53 Å². The average Bonchev–Trinajstić information content (AvgIpc) is 3.10. The van der Waals surface area contributed by atoms with Gasteiger partial charge in [0, 0.05) is 12.1 Å². The van der Waals surface area contributed by atoms with Crippen LogP contribution in [0.2, 0.25) is 0 Å². The number of likely N-dealkylation sites (tertiary alicyclic amines) is 1. The van der Waals surface area contributed by atoms with Crippen LogP contribution >= 0.6 is 11.8 Å². The molecule has 2 aromatic rings. The number of nitrogens with zero attached hydrogens (tertiary/aromatic N) is 5. The zero-order chi connectivity index (χ0) is 19.4. The number of para-hydroxylation sites is 2. The molecule has 1 aromatic carbocycles. The summed E-state index contributed by atoms with van der Waals surface area (Å²) in [5, 5.41) is 12.4. The molecule has 0 radical (unpaired) electrons. The molecule has 2 heterocycles. The Morgan fingerprint density at radius 2 is 2.00 bits per heavy atom. The van der Waals surface area contributed by atoms with E-state index in [1.165, 1.54) is 18.2 Å². The van der Waals surface area contributed by atoms with Crippen molar-refractivity contribution in [1.82, 2.24) is 25.1 Å². The molecule has 1 amide bonds. The Kier molecular flexibility index (Phi) is 6.36. The van der Waals surface area contributed by atoms with Gasteiger partial charge in [0.1, 0.15) is 11.4 Å². The molecular weight excluding hydrogens is 362 g/mol. The largest absolute Gasteiger partial charge is 0.492 e. The Morgan fingerprint density at radius 3 is 2.70 bits per heavy atom. The molecule has 3 rings (SSSR count). The zero-order valence-electron chi connectivity index (χ0n) is 16.3. The molecule has 7 nitrogen and oxygen atoms in total. The van der Waals surface area contributed by atoms with Crippen LogP contribution in [-0.2, 0) is 4.79 Å². The Bertz CT molecular complexity index is 771. The van der Waals surface area contributed by atoms with Crippen molar-refractivity contribution in [2.24, 2.45) is 0 Å². The Labute approximate surface area is 164 Å². The summed E-state index contributed by atoms with van der Waals surface area (Å²) in [6.07, 6.45) is 3.31. The van der Waals surface area contributed by atoms with Crippen LogP contribution < -0.4 is 4.74 Å². The quantitative estimate of drug-likeness (QED) is 0.706. The lowest BCUT2D eigenvalue weighted by Crippen LogP contribution is -2.50. The van der Waals surface area contributed by atoms with Crippen molar-refractivity contribution in [2.75, 3.05) is 6.61 Å². The van der Waals surface area contributed by atoms with E-state index in [0.29, 0.717) is 17.5 Å². The van der Waals surface area contributed by atoms with Gasteiger partial charge in [0.25, 0.3) is 0 Å². The molecule has 1 fully saturated rings. The van der Waals surface area contributed by atoms with Gasteiger partial charge in [-0.1, -0.05) is 23.9 Å². The van der Waals surface area contributed by atoms with Gasteiger partial charge in [-0.25, -0.2) is 0 Å². The fourth-order valence-electron chi connectivity index (χ4n) is 3.59. The third-order valence-corrected chi connectivity index (χ3v) is 5.93. The molecule has 1 saturated heterocycles. The monoisotopic (exact) mass is 389 g/mol. The van der Waals surface area contributed by atoms with Crippen molar-refractivity contribution in [3.05, 3.63) is 24.3 Å². The highest BCUT2D eigenvalue weighted by atomic mass is 32.2. The molecule has 1 aliphatic rings. The molecular formula is C19H27N5O2S. The first-order valence-electron chi connectivity index (χ1n) is 9.52. The fourth-order valence-corrected chi connectivity index (χ4v) is 4.44. The molecule has 1 aromatic heterocycles. The minimum absolute atomic E-state index is 0.146. The second-order valence-corrected chi connectivity index (χ2v) is 8.22. The average molecular weight is 390 g/mol. The van der Waals surface area contributed by atoms with Gasteiger partial charge in [-0.05, 0) is 69.5 Å². The number of carbonyl (C=O) groups excluding carboxylic acids is 1. The summed E-state index contributed by atoms with van der Waals surface area (Å²) >= 11 is 1.38. The van der Waals surface area contributed by atoms with Gasteiger partial charge < -0.3 is 9.64 Å².